The lowest BCUT2D eigenvalue weighted by molar-refractivity contribution is -0.131. The van der Waals surface area contributed by atoms with Crippen LogP contribution in [0.4, 0.5) is 10.6 Å². The van der Waals surface area contributed by atoms with Crippen molar-refractivity contribution in [3.05, 3.63) is 18.6 Å². The number of nitrogens with zero attached hydrogens (tertiary/aromatic N) is 6. The van der Waals surface area contributed by atoms with Crippen LogP contribution in [0.1, 0.15) is 32.6 Å². The number of aromatic nitrogens is 3. The van der Waals surface area contributed by atoms with Crippen LogP contribution in [0.25, 0.3) is 11.0 Å². The fourth-order valence-electron chi connectivity index (χ4n) is 4.15. The smallest absolute Gasteiger partial charge is 0.327 e. The van der Waals surface area contributed by atoms with E-state index < -0.39 is 0 Å². The van der Waals surface area contributed by atoms with Crippen molar-refractivity contribution in [3.63, 3.8) is 0 Å². The average Bonchev–Trinajstić information content (AvgIpc) is 3.26. The van der Waals surface area contributed by atoms with Gasteiger partial charge in [-0.05, 0) is 24.8 Å². The van der Waals surface area contributed by atoms with Crippen LogP contribution in [0.15, 0.2) is 18.6 Å². The molecule has 3 amide bonds. The number of nitrogens with one attached hydrogen (secondary N) is 2. The standard InChI is InChI=1S/C22H30N8O3/c1-15-7-11-29(19(32)6-9-23)13-17(15)28(3)20-16-8-12-30(21(16)27-14-26-20)22(33)25-10-4-5-18(31)24-2/h8,12,14-15,17H,4-7,10-11,13H2,1-3H3,(H,24,31)(H,25,33)/t15-,17+/m1/s1. The largest absolute Gasteiger partial charge is 0.359 e. The summed E-state index contributed by atoms with van der Waals surface area (Å²) in [6.45, 7) is 3.66. The first-order valence-electron chi connectivity index (χ1n) is 11.1. The average molecular weight is 455 g/mol. The SMILES string of the molecule is CNC(=O)CCCNC(=O)n1ccc2c(N(C)[C@H]3CN(C(=O)CC#N)CC[C@H]3C)ncnc21. The molecule has 1 saturated heterocycles. The highest BCUT2D eigenvalue weighted by Crippen LogP contribution is 2.29. The number of rotatable bonds is 7. The molecule has 1 aliphatic rings. The van der Waals surface area contributed by atoms with Gasteiger partial charge in [0.2, 0.25) is 11.8 Å². The molecule has 0 aromatic carbocycles. The van der Waals surface area contributed by atoms with Gasteiger partial charge in [0.05, 0.1) is 17.5 Å². The number of amides is 3. The lowest BCUT2D eigenvalue weighted by atomic mass is 9.92. The van der Waals surface area contributed by atoms with Crippen molar-refractivity contribution >= 4 is 34.7 Å². The summed E-state index contributed by atoms with van der Waals surface area (Å²) in [5.74, 6) is 0.769. The summed E-state index contributed by atoms with van der Waals surface area (Å²) in [4.78, 5) is 48.8. The third-order valence-corrected chi connectivity index (χ3v) is 6.15. The molecule has 2 N–H and O–H groups in total. The van der Waals surface area contributed by atoms with Crippen LogP contribution in [0.2, 0.25) is 0 Å². The first-order chi connectivity index (χ1) is 15.9. The van der Waals surface area contributed by atoms with Gasteiger partial charge in [-0.1, -0.05) is 6.92 Å². The van der Waals surface area contributed by atoms with E-state index in [1.54, 1.807) is 24.2 Å². The van der Waals surface area contributed by atoms with Gasteiger partial charge in [-0.3, -0.25) is 14.2 Å². The first-order valence-corrected chi connectivity index (χ1v) is 11.1. The van der Waals surface area contributed by atoms with Gasteiger partial charge in [-0.2, -0.15) is 5.26 Å². The molecular weight excluding hydrogens is 424 g/mol. The molecule has 3 rings (SSSR count). The van der Waals surface area contributed by atoms with Gasteiger partial charge in [-0.15, -0.1) is 0 Å². The molecule has 176 valence electrons. The molecule has 0 bridgehead atoms. The van der Waals surface area contributed by atoms with Gasteiger partial charge in [0.1, 0.15) is 18.6 Å². The van der Waals surface area contributed by atoms with Gasteiger partial charge in [0.25, 0.3) is 0 Å². The van der Waals surface area contributed by atoms with Crippen LogP contribution in [0.3, 0.4) is 0 Å². The second-order valence-electron chi connectivity index (χ2n) is 8.25. The Bertz CT molecular complexity index is 1060. The second kappa shape index (κ2) is 10.8. The molecule has 2 aromatic rings. The fraction of sp³-hybridized carbons (Fsp3) is 0.545. The Morgan fingerprint density at radius 2 is 2.12 bits per heavy atom. The first kappa shape index (κ1) is 24.0. The molecule has 0 aliphatic carbocycles. The Balaban J connectivity index is 1.75. The number of hydrogen-bond acceptors (Lipinski definition) is 7. The molecule has 2 atom stereocenters. The van der Waals surface area contributed by atoms with E-state index in [0.717, 1.165) is 11.8 Å². The number of piperidine rings is 1. The van der Waals surface area contributed by atoms with Gasteiger partial charge < -0.3 is 20.4 Å². The molecule has 0 unspecified atom stereocenters. The van der Waals surface area contributed by atoms with Crippen molar-refractivity contribution in [1.29, 1.82) is 5.26 Å². The summed E-state index contributed by atoms with van der Waals surface area (Å²) in [6, 6.07) is 3.42. The zero-order valence-corrected chi connectivity index (χ0v) is 19.2. The van der Waals surface area contributed by atoms with E-state index in [1.165, 1.54) is 10.9 Å². The third kappa shape index (κ3) is 5.39. The minimum atomic E-state index is -0.325. The molecule has 33 heavy (non-hydrogen) atoms. The highest BCUT2D eigenvalue weighted by molar-refractivity contribution is 5.94. The summed E-state index contributed by atoms with van der Waals surface area (Å²) < 4.78 is 1.43. The van der Waals surface area contributed by atoms with Gasteiger partial charge in [0, 0.05) is 46.3 Å². The van der Waals surface area contributed by atoms with Crippen molar-refractivity contribution in [3.8, 4) is 6.07 Å². The number of fused-ring (bicyclic) bond motifs is 1. The van der Waals surface area contributed by atoms with E-state index in [9.17, 15) is 14.4 Å². The molecular formula is C22H30N8O3. The summed E-state index contributed by atoms with van der Waals surface area (Å²) in [6.07, 6.45) is 4.67. The number of likely N-dealkylation sites (tertiary alicyclic amines) is 1. The van der Waals surface area contributed by atoms with Crippen LogP contribution >= 0.6 is 0 Å². The number of nitriles is 1. The van der Waals surface area contributed by atoms with Crippen molar-refractivity contribution < 1.29 is 14.4 Å². The van der Waals surface area contributed by atoms with Crippen molar-refractivity contribution in [2.75, 3.05) is 38.6 Å². The van der Waals surface area contributed by atoms with E-state index in [-0.39, 0.29) is 30.3 Å². The van der Waals surface area contributed by atoms with Crippen molar-refractivity contribution in [2.24, 2.45) is 5.92 Å². The predicted octanol–water partition coefficient (Wildman–Crippen LogP) is 1.10. The number of carbonyl (C=O) groups is 3. The van der Waals surface area contributed by atoms with E-state index in [4.69, 9.17) is 5.26 Å². The molecule has 11 nitrogen and oxygen atoms in total. The summed E-state index contributed by atoms with van der Waals surface area (Å²) in [7, 11) is 3.51. The van der Waals surface area contributed by atoms with E-state index in [0.29, 0.717) is 49.9 Å². The van der Waals surface area contributed by atoms with Gasteiger partial charge in [-0.25, -0.2) is 14.8 Å². The molecule has 1 aliphatic heterocycles. The Kier molecular flexibility index (Phi) is 7.82. The lowest BCUT2D eigenvalue weighted by Crippen LogP contribution is -2.52. The minimum Gasteiger partial charge on any atom is -0.359 e. The highest BCUT2D eigenvalue weighted by Gasteiger charge is 2.32. The maximum Gasteiger partial charge on any atom is 0.327 e. The Hall–Kier alpha value is -3.68. The normalized spacial score (nSPS) is 17.9. The molecule has 1 fully saturated rings. The highest BCUT2D eigenvalue weighted by atomic mass is 16.2. The second-order valence-corrected chi connectivity index (χ2v) is 8.25. The van der Waals surface area contributed by atoms with Crippen LogP contribution in [0.5, 0.6) is 0 Å². The molecule has 0 radical (unpaired) electrons. The Morgan fingerprint density at radius 1 is 1.33 bits per heavy atom. The van der Waals surface area contributed by atoms with Crippen LogP contribution < -0.4 is 15.5 Å². The van der Waals surface area contributed by atoms with E-state index in [1.807, 2.05) is 18.0 Å². The summed E-state index contributed by atoms with van der Waals surface area (Å²) >= 11 is 0. The summed E-state index contributed by atoms with van der Waals surface area (Å²) in [5.41, 5.74) is 0.483. The lowest BCUT2D eigenvalue weighted by Gasteiger charge is -2.42. The van der Waals surface area contributed by atoms with Gasteiger partial charge in [0.15, 0.2) is 5.65 Å². The van der Waals surface area contributed by atoms with E-state index in [2.05, 4.69) is 27.5 Å². The minimum absolute atomic E-state index is 0.0152. The number of likely N-dealkylation sites (N-methyl/N-ethyl adjacent to an activating group) is 1. The zero-order chi connectivity index (χ0) is 24.0. The zero-order valence-electron chi connectivity index (χ0n) is 19.2. The number of anilines is 1. The Labute approximate surface area is 192 Å². The molecule has 3 heterocycles. The molecule has 11 heteroatoms. The third-order valence-electron chi connectivity index (χ3n) is 6.15. The maximum atomic E-state index is 12.7. The predicted molar refractivity (Wildman–Crippen MR) is 122 cm³/mol. The van der Waals surface area contributed by atoms with Crippen molar-refractivity contribution in [2.45, 2.75) is 38.6 Å². The monoisotopic (exact) mass is 454 g/mol. The Morgan fingerprint density at radius 3 is 2.85 bits per heavy atom. The van der Waals surface area contributed by atoms with Crippen LogP contribution in [-0.2, 0) is 9.59 Å². The van der Waals surface area contributed by atoms with Gasteiger partial charge >= 0.3 is 6.03 Å². The van der Waals surface area contributed by atoms with Crippen LogP contribution in [0, 0.1) is 17.2 Å². The fourth-order valence-corrected chi connectivity index (χ4v) is 4.15. The number of hydrogen-bond donors (Lipinski definition) is 2. The van der Waals surface area contributed by atoms with Crippen molar-refractivity contribution in [1.82, 2.24) is 30.1 Å². The molecule has 2 aromatic heterocycles. The molecule has 0 spiro atoms. The van der Waals surface area contributed by atoms with E-state index >= 15 is 0 Å². The number of carbonyl (C=O) groups excluding carboxylic acids is 3. The maximum absolute atomic E-state index is 12.7. The molecule has 0 saturated carbocycles. The quantitative estimate of drug-likeness (QED) is 0.598. The topological polar surface area (TPSA) is 136 Å². The summed E-state index contributed by atoms with van der Waals surface area (Å²) in [5, 5.41) is 15.0. The van der Waals surface area contributed by atoms with Crippen LogP contribution in [-0.4, -0.2) is 77.1 Å².